The molecule has 1 aromatic carbocycles. The molecule has 0 aliphatic rings. The van der Waals surface area contributed by atoms with Crippen LogP contribution in [-0.2, 0) is 0 Å². The van der Waals surface area contributed by atoms with Gasteiger partial charge in [0.15, 0.2) is 5.11 Å². The molecule has 7 heteroatoms. The molecule has 1 aromatic rings. The number of hydrazine groups is 1. The van der Waals surface area contributed by atoms with Gasteiger partial charge in [0.05, 0.1) is 5.56 Å². The topological polar surface area (TPSA) is 53.2 Å². The lowest BCUT2D eigenvalue weighted by atomic mass is 10.2. The molecule has 0 aliphatic heterocycles. The van der Waals surface area contributed by atoms with E-state index in [1.54, 1.807) is 23.9 Å². The number of carbonyl (C=O) groups excluding carboxylic acids is 1. The van der Waals surface area contributed by atoms with E-state index < -0.39 is 0 Å². The number of hydrogen-bond acceptors (Lipinski definition) is 3. The third kappa shape index (κ3) is 6.26. The Labute approximate surface area is 131 Å². The van der Waals surface area contributed by atoms with Gasteiger partial charge in [0.1, 0.15) is 0 Å². The molecule has 0 bridgehead atoms. The summed E-state index contributed by atoms with van der Waals surface area (Å²) in [5.41, 5.74) is 5.79. The molecular weight excluding hydrogens is 346 g/mol. The third-order valence-corrected chi connectivity index (χ3v) is 3.85. The van der Waals surface area contributed by atoms with Crippen LogP contribution in [0.1, 0.15) is 16.8 Å². The van der Waals surface area contributed by atoms with Gasteiger partial charge in [0.2, 0.25) is 0 Å². The minimum atomic E-state index is -0.235. The van der Waals surface area contributed by atoms with Crippen LogP contribution in [0.4, 0.5) is 0 Å². The average molecular weight is 362 g/mol. The molecule has 4 nitrogen and oxygen atoms in total. The van der Waals surface area contributed by atoms with Crippen LogP contribution in [0.2, 0.25) is 0 Å². The van der Waals surface area contributed by atoms with Gasteiger partial charge in [-0.15, -0.1) is 0 Å². The molecule has 0 spiro atoms. The summed E-state index contributed by atoms with van der Waals surface area (Å²) < 4.78 is 0.744. The highest BCUT2D eigenvalue weighted by Gasteiger charge is 2.08. The van der Waals surface area contributed by atoms with E-state index >= 15 is 0 Å². The van der Waals surface area contributed by atoms with Gasteiger partial charge in [-0.3, -0.25) is 15.6 Å². The number of carbonyl (C=O) groups is 1. The zero-order valence-electron chi connectivity index (χ0n) is 10.5. The summed E-state index contributed by atoms with van der Waals surface area (Å²) in [6, 6.07) is 7.20. The first-order valence-electron chi connectivity index (χ1n) is 5.73. The lowest BCUT2D eigenvalue weighted by Gasteiger charge is -2.11. The number of rotatable bonds is 5. The van der Waals surface area contributed by atoms with Crippen molar-refractivity contribution in [3.63, 3.8) is 0 Å². The van der Waals surface area contributed by atoms with Crippen molar-refractivity contribution in [3.8, 4) is 0 Å². The van der Waals surface area contributed by atoms with Gasteiger partial charge >= 0.3 is 0 Å². The SMILES string of the molecule is CSCCCNC(=S)NNC(=O)c1ccccc1Br. The van der Waals surface area contributed by atoms with Gasteiger partial charge in [-0.05, 0) is 58.7 Å². The van der Waals surface area contributed by atoms with E-state index in [-0.39, 0.29) is 5.91 Å². The lowest BCUT2D eigenvalue weighted by molar-refractivity contribution is 0.0943. The number of nitrogens with one attached hydrogen (secondary N) is 3. The summed E-state index contributed by atoms with van der Waals surface area (Å²) >= 11 is 10.2. The monoisotopic (exact) mass is 361 g/mol. The molecule has 104 valence electrons. The molecule has 1 amide bonds. The number of halogens is 1. The van der Waals surface area contributed by atoms with Crippen molar-refractivity contribution >= 4 is 50.9 Å². The Morgan fingerprint density at radius 1 is 1.37 bits per heavy atom. The van der Waals surface area contributed by atoms with Crippen molar-refractivity contribution < 1.29 is 4.79 Å². The molecule has 3 N–H and O–H groups in total. The van der Waals surface area contributed by atoms with Gasteiger partial charge in [-0.1, -0.05) is 12.1 Å². The van der Waals surface area contributed by atoms with Crippen molar-refractivity contribution in [3.05, 3.63) is 34.3 Å². The number of amides is 1. The van der Waals surface area contributed by atoms with Crippen LogP contribution in [0, 0.1) is 0 Å². The number of thioether (sulfide) groups is 1. The molecular formula is C12H16BrN3OS2. The fourth-order valence-electron chi connectivity index (χ4n) is 1.29. The largest absolute Gasteiger partial charge is 0.361 e. The van der Waals surface area contributed by atoms with E-state index in [1.807, 2.05) is 12.1 Å². The molecule has 0 fully saturated rings. The first-order valence-corrected chi connectivity index (χ1v) is 8.32. The van der Waals surface area contributed by atoms with Crippen molar-refractivity contribution in [2.24, 2.45) is 0 Å². The number of thiocarbonyl (C=S) groups is 1. The van der Waals surface area contributed by atoms with Gasteiger partial charge in [-0.2, -0.15) is 11.8 Å². The van der Waals surface area contributed by atoms with Gasteiger partial charge in [0, 0.05) is 11.0 Å². The van der Waals surface area contributed by atoms with Crippen LogP contribution >= 0.6 is 39.9 Å². The molecule has 0 aliphatic carbocycles. The normalized spacial score (nSPS) is 9.79. The fraction of sp³-hybridized carbons (Fsp3) is 0.333. The lowest BCUT2D eigenvalue weighted by Crippen LogP contribution is -2.47. The minimum absolute atomic E-state index is 0.235. The quantitative estimate of drug-likeness (QED) is 0.426. The van der Waals surface area contributed by atoms with Crippen LogP contribution in [0.15, 0.2) is 28.7 Å². The van der Waals surface area contributed by atoms with Crippen LogP contribution in [0.3, 0.4) is 0 Å². The van der Waals surface area contributed by atoms with Crippen LogP contribution < -0.4 is 16.2 Å². The average Bonchev–Trinajstić information content (AvgIpc) is 2.41. The van der Waals surface area contributed by atoms with Gasteiger partial charge < -0.3 is 5.32 Å². The zero-order chi connectivity index (χ0) is 14.1. The second kappa shape index (κ2) is 9.17. The highest BCUT2D eigenvalue weighted by molar-refractivity contribution is 9.10. The standard InChI is InChI=1S/C12H16BrN3OS2/c1-19-8-4-7-14-12(18)16-15-11(17)9-5-2-3-6-10(9)13/h2-3,5-6H,4,7-8H2,1H3,(H,15,17)(H2,14,16,18). The number of benzene rings is 1. The molecule has 0 aromatic heterocycles. The van der Waals surface area contributed by atoms with Crippen molar-refractivity contribution in [1.82, 2.24) is 16.2 Å². The summed E-state index contributed by atoms with van der Waals surface area (Å²) in [4.78, 5) is 11.9. The molecule has 0 radical (unpaired) electrons. The first kappa shape index (κ1) is 16.3. The fourth-order valence-corrected chi connectivity index (χ4v) is 2.34. The predicted octanol–water partition coefficient (Wildman–Crippen LogP) is 2.31. The van der Waals surface area contributed by atoms with E-state index in [0.717, 1.165) is 23.2 Å². The van der Waals surface area contributed by atoms with Crippen molar-refractivity contribution in [2.45, 2.75) is 6.42 Å². The summed E-state index contributed by atoms with van der Waals surface area (Å²) in [6.07, 6.45) is 3.09. The Balaban J connectivity index is 2.30. The maximum absolute atomic E-state index is 11.9. The van der Waals surface area contributed by atoms with Gasteiger partial charge in [0.25, 0.3) is 5.91 Å². The summed E-state index contributed by atoms with van der Waals surface area (Å²) in [7, 11) is 0. The minimum Gasteiger partial charge on any atom is -0.361 e. The van der Waals surface area contributed by atoms with E-state index in [1.165, 1.54) is 0 Å². The first-order chi connectivity index (χ1) is 9.15. The molecule has 0 atom stereocenters. The van der Waals surface area contributed by atoms with E-state index in [9.17, 15) is 4.79 Å². The molecule has 0 unspecified atom stereocenters. The Kier molecular flexibility index (Phi) is 7.85. The summed E-state index contributed by atoms with van der Waals surface area (Å²) in [5.74, 6) is 0.847. The maximum Gasteiger partial charge on any atom is 0.270 e. The smallest absolute Gasteiger partial charge is 0.270 e. The Bertz CT molecular complexity index is 443. The highest BCUT2D eigenvalue weighted by Crippen LogP contribution is 2.14. The van der Waals surface area contributed by atoms with E-state index in [0.29, 0.717) is 10.7 Å². The molecule has 19 heavy (non-hydrogen) atoms. The molecule has 0 saturated carbocycles. The maximum atomic E-state index is 11.9. The van der Waals surface area contributed by atoms with E-state index in [2.05, 4.69) is 38.4 Å². The predicted molar refractivity (Wildman–Crippen MR) is 88.3 cm³/mol. The third-order valence-electron chi connectivity index (χ3n) is 2.22. The summed E-state index contributed by atoms with van der Waals surface area (Å²) in [6.45, 7) is 0.789. The second-order valence-corrected chi connectivity index (χ2v) is 5.91. The van der Waals surface area contributed by atoms with Crippen LogP contribution in [0.5, 0.6) is 0 Å². The molecule has 0 heterocycles. The van der Waals surface area contributed by atoms with Crippen molar-refractivity contribution in [1.29, 1.82) is 0 Å². The second-order valence-electron chi connectivity index (χ2n) is 3.66. The Hall–Kier alpha value is -0.790. The zero-order valence-corrected chi connectivity index (χ0v) is 13.8. The van der Waals surface area contributed by atoms with Crippen LogP contribution in [-0.4, -0.2) is 29.6 Å². The molecule has 0 saturated heterocycles. The Morgan fingerprint density at radius 2 is 2.11 bits per heavy atom. The Morgan fingerprint density at radius 3 is 2.79 bits per heavy atom. The van der Waals surface area contributed by atoms with Gasteiger partial charge in [-0.25, -0.2) is 0 Å². The van der Waals surface area contributed by atoms with Crippen LogP contribution in [0.25, 0.3) is 0 Å². The summed E-state index contributed by atoms with van der Waals surface area (Å²) in [5, 5.41) is 3.44. The highest BCUT2D eigenvalue weighted by atomic mass is 79.9. The number of hydrogen-bond donors (Lipinski definition) is 3. The van der Waals surface area contributed by atoms with Crippen molar-refractivity contribution in [2.75, 3.05) is 18.6 Å². The molecule has 1 rings (SSSR count). The van der Waals surface area contributed by atoms with E-state index in [4.69, 9.17) is 12.2 Å².